The number of ether oxygens (including phenoxy) is 12. The minimum atomic E-state index is -2.54. The maximum absolute atomic E-state index is 6.86. The summed E-state index contributed by atoms with van der Waals surface area (Å²) in [5.74, 6) is 0.741. The third-order valence-electron chi connectivity index (χ3n) is 9.23. The van der Waals surface area contributed by atoms with Gasteiger partial charge in [0, 0.05) is 12.5 Å². The molecule has 0 N–H and O–H groups in total. The summed E-state index contributed by atoms with van der Waals surface area (Å²) in [4.78, 5) is 0. The van der Waals surface area contributed by atoms with Crippen LogP contribution in [0.2, 0.25) is 5.04 Å². The van der Waals surface area contributed by atoms with Crippen LogP contribution in [-0.4, -0.2) is 179 Å². The molecule has 0 radical (unpaired) electrons. The second-order valence-corrected chi connectivity index (χ2v) is 19.6. The van der Waals surface area contributed by atoms with E-state index in [0.717, 1.165) is 25.3 Å². The molecule has 0 heterocycles. The lowest BCUT2D eigenvalue weighted by Gasteiger charge is -2.43. The molecular formula is C46H79ClO13Si. The molecule has 0 saturated carbocycles. The third-order valence-corrected chi connectivity index (χ3v) is 14.5. The van der Waals surface area contributed by atoms with Crippen LogP contribution in [0, 0.1) is 0 Å². The molecule has 13 nitrogen and oxygen atoms in total. The zero-order chi connectivity index (χ0) is 43.6. The van der Waals surface area contributed by atoms with E-state index in [1.165, 1.54) is 23.2 Å². The van der Waals surface area contributed by atoms with Crippen molar-refractivity contribution in [2.45, 2.75) is 51.5 Å². The van der Waals surface area contributed by atoms with Gasteiger partial charge in [-0.3, -0.25) is 0 Å². The fraction of sp³-hybridized carbons (Fsp3) is 0.739. The van der Waals surface area contributed by atoms with Crippen LogP contribution < -0.4 is 10.4 Å². The monoisotopic (exact) mass is 902 g/mol. The molecule has 0 spiro atoms. The van der Waals surface area contributed by atoms with Gasteiger partial charge >= 0.3 is 0 Å². The molecule has 0 aliphatic heterocycles. The van der Waals surface area contributed by atoms with Crippen LogP contribution in [0.3, 0.4) is 0 Å². The molecule has 0 aliphatic rings. The van der Waals surface area contributed by atoms with Crippen LogP contribution in [-0.2, 0) is 61.3 Å². The Morgan fingerprint density at radius 1 is 0.328 bits per heavy atom. The fourth-order valence-corrected chi connectivity index (χ4v) is 10.9. The molecule has 15 heteroatoms. The SMILES string of the molecule is CC(C)(C)[Si](OCCOCCOCCOCCOCCOCCOCCOCCOCCOCCOCCOCCOCCCCCCCl)(c1ccccc1)c1ccccc1. The normalized spacial score (nSPS) is 12.1. The lowest BCUT2D eigenvalue weighted by molar-refractivity contribution is -0.0285. The first-order valence-electron chi connectivity index (χ1n) is 22.3. The van der Waals surface area contributed by atoms with Crippen molar-refractivity contribution in [3.05, 3.63) is 60.7 Å². The quantitative estimate of drug-likeness (QED) is 0.0470. The molecule has 0 aromatic heterocycles. The fourth-order valence-electron chi connectivity index (χ4n) is 6.19. The molecule has 0 aliphatic carbocycles. The molecule has 352 valence electrons. The Labute approximate surface area is 373 Å². The van der Waals surface area contributed by atoms with E-state index in [0.29, 0.717) is 159 Å². The van der Waals surface area contributed by atoms with Crippen LogP contribution in [0.15, 0.2) is 60.7 Å². The Hall–Kier alpha value is -1.57. The number of hydrogen-bond donors (Lipinski definition) is 0. The molecular weight excluding hydrogens is 824 g/mol. The highest BCUT2D eigenvalue weighted by molar-refractivity contribution is 6.99. The summed E-state index contributed by atoms with van der Waals surface area (Å²) in [5.41, 5.74) is 0. The molecule has 0 fully saturated rings. The summed E-state index contributed by atoms with van der Waals surface area (Å²) in [6.45, 7) is 20.1. The van der Waals surface area contributed by atoms with Gasteiger partial charge in [-0.2, -0.15) is 0 Å². The summed E-state index contributed by atoms with van der Waals surface area (Å²) < 4.78 is 73.7. The second-order valence-electron chi connectivity index (χ2n) is 15.0. The average Bonchev–Trinajstić information content (AvgIpc) is 3.27. The maximum Gasteiger partial charge on any atom is 0.261 e. The third kappa shape index (κ3) is 28.8. The summed E-state index contributed by atoms with van der Waals surface area (Å²) in [6.07, 6.45) is 4.49. The number of unbranched alkanes of at least 4 members (excludes halogenated alkanes) is 3. The van der Waals surface area contributed by atoms with Crippen LogP contribution in [0.25, 0.3) is 0 Å². The minimum Gasteiger partial charge on any atom is -0.405 e. The predicted molar refractivity (Wildman–Crippen MR) is 243 cm³/mol. The Bertz CT molecular complexity index is 1160. The number of halogens is 1. The van der Waals surface area contributed by atoms with Gasteiger partial charge in [0.1, 0.15) is 0 Å². The first-order valence-corrected chi connectivity index (χ1v) is 24.7. The highest BCUT2D eigenvalue weighted by Crippen LogP contribution is 2.36. The van der Waals surface area contributed by atoms with Gasteiger partial charge in [0.05, 0.1) is 159 Å². The lowest BCUT2D eigenvalue weighted by Crippen LogP contribution is -2.66. The van der Waals surface area contributed by atoms with Gasteiger partial charge in [-0.15, -0.1) is 11.6 Å². The van der Waals surface area contributed by atoms with Crippen molar-refractivity contribution in [2.24, 2.45) is 0 Å². The largest absolute Gasteiger partial charge is 0.405 e. The second kappa shape index (κ2) is 40.0. The van der Waals surface area contributed by atoms with Gasteiger partial charge in [-0.25, -0.2) is 0 Å². The molecule has 61 heavy (non-hydrogen) atoms. The van der Waals surface area contributed by atoms with E-state index in [1.807, 2.05) is 0 Å². The molecule has 0 amide bonds. The van der Waals surface area contributed by atoms with Crippen molar-refractivity contribution >= 4 is 30.3 Å². The Balaban J connectivity index is 1.24. The van der Waals surface area contributed by atoms with Gasteiger partial charge in [0.25, 0.3) is 8.32 Å². The Morgan fingerprint density at radius 3 is 0.836 bits per heavy atom. The number of benzene rings is 2. The smallest absolute Gasteiger partial charge is 0.261 e. The summed E-state index contributed by atoms with van der Waals surface area (Å²) >= 11 is 5.67. The van der Waals surface area contributed by atoms with Crippen LogP contribution in [0.1, 0.15) is 46.5 Å². The molecule has 2 rings (SSSR count). The first kappa shape index (κ1) is 55.6. The summed E-state index contributed by atoms with van der Waals surface area (Å²) in [6, 6.07) is 21.3. The van der Waals surface area contributed by atoms with E-state index in [-0.39, 0.29) is 5.04 Å². The van der Waals surface area contributed by atoms with Crippen molar-refractivity contribution in [2.75, 3.05) is 171 Å². The Morgan fingerprint density at radius 2 is 0.574 bits per heavy atom. The van der Waals surface area contributed by atoms with Crippen LogP contribution in [0.4, 0.5) is 0 Å². The molecule has 0 saturated heterocycles. The molecule has 2 aromatic carbocycles. The molecule has 0 bridgehead atoms. The summed E-state index contributed by atoms with van der Waals surface area (Å²) in [7, 11) is -2.54. The number of alkyl halides is 1. The van der Waals surface area contributed by atoms with Crippen molar-refractivity contribution in [3.63, 3.8) is 0 Å². The van der Waals surface area contributed by atoms with E-state index >= 15 is 0 Å². The zero-order valence-corrected chi connectivity index (χ0v) is 39.4. The van der Waals surface area contributed by atoms with Crippen LogP contribution >= 0.6 is 11.6 Å². The maximum atomic E-state index is 6.86. The van der Waals surface area contributed by atoms with Gasteiger partial charge in [0.2, 0.25) is 0 Å². The van der Waals surface area contributed by atoms with Crippen LogP contribution in [0.5, 0.6) is 0 Å². The van der Waals surface area contributed by atoms with Gasteiger partial charge < -0.3 is 61.3 Å². The highest BCUT2D eigenvalue weighted by atomic mass is 35.5. The number of rotatable bonds is 45. The minimum absolute atomic E-state index is 0.0590. The molecule has 2 aromatic rings. The van der Waals surface area contributed by atoms with Gasteiger partial charge in [0.15, 0.2) is 0 Å². The lowest BCUT2D eigenvalue weighted by atomic mass is 10.2. The van der Waals surface area contributed by atoms with E-state index in [4.69, 9.17) is 72.9 Å². The predicted octanol–water partition coefficient (Wildman–Crippen LogP) is 5.56. The van der Waals surface area contributed by atoms with E-state index < -0.39 is 8.32 Å². The average molecular weight is 904 g/mol. The Kier molecular flexibility index (Phi) is 36.4. The van der Waals surface area contributed by atoms with E-state index in [2.05, 4.69) is 81.4 Å². The topological polar surface area (TPSA) is 120 Å². The number of hydrogen-bond acceptors (Lipinski definition) is 13. The first-order chi connectivity index (χ1) is 30.0. The molecule has 0 atom stereocenters. The van der Waals surface area contributed by atoms with Gasteiger partial charge in [-0.1, -0.05) is 94.3 Å². The molecule has 0 unspecified atom stereocenters. The summed E-state index contributed by atoms with van der Waals surface area (Å²) in [5, 5.41) is 2.47. The van der Waals surface area contributed by atoms with Crippen molar-refractivity contribution in [3.8, 4) is 0 Å². The van der Waals surface area contributed by atoms with Crippen molar-refractivity contribution in [1.29, 1.82) is 0 Å². The van der Waals surface area contributed by atoms with E-state index in [1.54, 1.807) is 0 Å². The van der Waals surface area contributed by atoms with Crippen molar-refractivity contribution in [1.82, 2.24) is 0 Å². The standard InChI is InChI=1S/C46H79ClO13Si/c1-46(2,3)61(44-14-8-6-9-15-44,45-16-10-7-11-17-45)60-43-42-59-41-40-58-39-38-57-37-36-56-35-34-55-33-32-54-31-30-53-29-28-52-27-26-51-25-24-50-23-22-49-21-20-48-19-13-5-4-12-18-47/h6-11,14-17H,4-5,12-13,18-43H2,1-3H3. The van der Waals surface area contributed by atoms with Crippen molar-refractivity contribution < 1.29 is 61.3 Å². The highest BCUT2D eigenvalue weighted by Gasteiger charge is 2.50. The zero-order valence-electron chi connectivity index (χ0n) is 37.7. The van der Waals surface area contributed by atoms with Gasteiger partial charge in [-0.05, 0) is 28.3 Å². The van der Waals surface area contributed by atoms with E-state index in [9.17, 15) is 0 Å².